The van der Waals surface area contributed by atoms with Gasteiger partial charge in [-0.3, -0.25) is 9.36 Å². The molecule has 7 nitrogen and oxygen atoms in total. The zero-order valence-electron chi connectivity index (χ0n) is 18.8. The number of ether oxygens (including phenoxy) is 3. The summed E-state index contributed by atoms with van der Waals surface area (Å²) in [4.78, 5) is 31.6. The molecule has 8 heteroatoms. The van der Waals surface area contributed by atoms with Crippen LogP contribution in [0.1, 0.15) is 31.0 Å². The maximum atomic E-state index is 13.6. The van der Waals surface area contributed by atoms with Crippen molar-refractivity contribution in [2.24, 2.45) is 4.99 Å². The van der Waals surface area contributed by atoms with Gasteiger partial charge < -0.3 is 14.2 Å². The van der Waals surface area contributed by atoms with Crippen molar-refractivity contribution in [3.63, 3.8) is 0 Å². The molecule has 0 spiro atoms. The summed E-state index contributed by atoms with van der Waals surface area (Å²) in [5.74, 6) is 0.878. The Morgan fingerprint density at radius 2 is 1.85 bits per heavy atom. The van der Waals surface area contributed by atoms with Gasteiger partial charge in [0.25, 0.3) is 5.56 Å². The molecule has 1 aromatic heterocycles. The van der Waals surface area contributed by atoms with Gasteiger partial charge in [-0.05, 0) is 55.3 Å². The lowest BCUT2D eigenvalue weighted by Gasteiger charge is -2.25. The van der Waals surface area contributed by atoms with E-state index in [2.05, 4.69) is 4.99 Å². The molecule has 0 radical (unpaired) electrons. The Balaban J connectivity index is 1.93. The number of allylic oxidation sites excluding steroid dienone is 1. The van der Waals surface area contributed by atoms with E-state index in [0.29, 0.717) is 26.4 Å². The van der Waals surface area contributed by atoms with E-state index in [4.69, 9.17) is 14.2 Å². The van der Waals surface area contributed by atoms with Crippen LogP contribution < -0.4 is 24.4 Å². The number of rotatable bonds is 6. The Morgan fingerprint density at radius 3 is 2.52 bits per heavy atom. The van der Waals surface area contributed by atoms with Crippen molar-refractivity contribution < 1.29 is 19.0 Å². The summed E-state index contributed by atoms with van der Waals surface area (Å²) >= 11 is 1.29. The summed E-state index contributed by atoms with van der Waals surface area (Å²) < 4.78 is 18.0. The van der Waals surface area contributed by atoms with Crippen LogP contribution in [0.4, 0.5) is 0 Å². The molecule has 0 saturated carbocycles. The Bertz CT molecular complexity index is 1400. The molecule has 0 amide bonds. The third kappa shape index (κ3) is 4.34. The monoisotopic (exact) mass is 464 g/mol. The molecule has 2 heterocycles. The molecule has 2 aromatic carbocycles. The highest BCUT2D eigenvalue weighted by molar-refractivity contribution is 7.07. The Morgan fingerprint density at radius 1 is 1.12 bits per heavy atom. The molecule has 0 fully saturated rings. The van der Waals surface area contributed by atoms with Crippen molar-refractivity contribution >= 4 is 23.4 Å². The number of hydrogen-bond acceptors (Lipinski definition) is 7. The van der Waals surface area contributed by atoms with Gasteiger partial charge in [0.05, 0.1) is 42.7 Å². The molecule has 170 valence electrons. The van der Waals surface area contributed by atoms with Gasteiger partial charge in [0.15, 0.2) is 4.80 Å². The van der Waals surface area contributed by atoms with Gasteiger partial charge >= 0.3 is 5.97 Å². The van der Waals surface area contributed by atoms with E-state index in [1.54, 1.807) is 32.6 Å². The standard InChI is InChI=1S/C25H24N2O5S/c1-5-32-24(29)21-15(2)26-25-27(22(21)17-7-6-8-19(14-17)31-4)23(28)20(33-25)13-16-9-11-18(30-3)12-10-16/h6-14,22H,5H2,1-4H3/b20-13-. The summed E-state index contributed by atoms with van der Waals surface area (Å²) in [7, 11) is 3.18. The maximum Gasteiger partial charge on any atom is 0.338 e. The highest BCUT2D eigenvalue weighted by Crippen LogP contribution is 2.32. The van der Waals surface area contributed by atoms with Crippen LogP contribution in [0.3, 0.4) is 0 Å². The molecule has 1 unspecified atom stereocenters. The molecule has 4 rings (SSSR count). The van der Waals surface area contributed by atoms with Gasteiger partial charge in [0.2, 0.25) is 0 Å². The number of aromatic nitrogens is 1. The van der Waals surface area contributed by atoms with Crippen LogP contribution in [-0.4, -0.2) is 31.4 Å². The van der Waals surface area contributed by atoms with E-state index < -0.39 is 12.0 Å². The molecule has 1 aliphatic heterocycles. The van der Waals surface area contributed by atoms with Crippen molar-refractivity contribution in [1.82, 2.24) is 4.57 Å². The highest BCUT2D eigenvalue weighted by Gasteiger charge is 2.33. The van der Waals surface area contributed by atoms with Gasteiger partial charge in [-0.2, -0.15) is 0 Å². The highest BCUT2D eigenvalue weighted by atomic mass is 32.1. The molecular weight excluding hydrogens is 440 g/mol. The second-order valence-electron chi connectivity index (χ2n) is 7.35. The van der Waals surface area contributed by atoms with Gasteiger partial charge in [-0.1, -0.05) is 35.6 Å². The first kappa shape index (κ1) is 22.5. The van der Waals surface area contributed by atoms with Crippen LogP contribution >= 0.6 is 11.3 Å². The van der Waals surface area contributed by atoms with E-state index in [1.807, 2.05) is 54.6 Å². The maximum absolute atomic E-state index is 13.6. The summed E-state index contributed by atoms with van der Waals surface area (Å²) in [6.07, 6.45) is 1.81. The number of nitrogens with zero attached hydrogens (tertiary/aromatic N) is 2. The average molecular weight is 465 g/mol. The largest absolute Gasteiger partial charge is 0.497 e. The van der Waals surface area contributed by atoms with Crippen molar-refractivity contribution in [2.45, 2.75) is 19.9 Å². The number of carbonyl (C=O) groups excluding carboxylic acids is 1. The van der Waals surface area contributed by atoms with Gasteiger partial charge in [0, 0.05) is 0 Å². The Hall–Kier alpha value is -3.65. The summed E-state index contributed by atoms with van der Waals surface area (Å²) in [5.41, 5.74) is 2.24. The van der Waals surface area contributed by atoms with Crippen LogP contribution in [0, 0.1) is 0 Å². The molecule has 0 saturated heterocycles. The molecule has 1 atom stereocenters. The number of benzene rings is 2. The molecule has 3 aromatic rings. The Labute approximate surface area is 194 Å². The quantitative estimate of drug-likeness (QED) is 0.524. The van der Waals surface area contributed by atoms with Crippen LogP contribution in [0.25, 0.3) is 6.08 Å². The van der Waals surface area contributed by atoms with E-state index in [-0.39, 0.29) is 12.2 Å². The first-order chi connectivity index (χ1) is 16.0. The fourth-order valence-corrected chi connectivity index (χ4v) is 4.82. The van der Waals surface area contributed by atoms with Crippen molar-refractivity contribution in [3.05, 3.63) is 90.6 Å². The third-order valence-corrected chi connectivity index (χ3v) is 6.32. The summed E-state index contributed by atoms with van der Waals surface area (Å²) in [6.45, 7) is 3.74. The van der Waals surface area contributed by atoms with Crippen molar-refractivity contribution in [1.29, 1.82) is 0 Å². The predicted octanol–water partition coefficient (Wildman–Crippen LogP) is 2.82. The minimum absolute atomic E-state index is 0.225. The molecular formula is C25H24N2O5S. The fraction of sp³-hybridized carbons (Fsp3) is 0.240. The van der Waals surface area contributed by atoms with E-state index in [0.717, 1.165) is 16.9 Å². The second kappa shape index (κ2) is 9.46. The zero-order chi connectivity index (χ0) is 23.5. The Kier molecular flexibility index (Phi) is 6.46. The summed E-state index contributed by atoms with van der Waals surface area (Å²) in [6, 6.07) is 14.1. The first-order valence-electron chi connectivity index (χ1n) is 10.4. The molecule has 0 aliphatic carbocycles. The molecule has 33 heavy (non-hydrogen) atoms. The molecule has 1 aliphatic rings. The van der Waals surface area contributed by atoms with E-state index in [1.165, 1.54) is 11.3 Å². The van der Waals surface area contributed by atoms with Crippen LogP contribution in [-0.2, 0) is 9.53 Å². The lowest BCUT2D eigenvalue weighted by Crippen LogP contribution is -2.39. The lowest BCUT2D eigenvalue weighted by molar-refractivity contribution is -0.139. The van der Waals surface area contributed by atoms with Crippen LogP contribution in [0.5, 0.6) is 11.5 Å². The number of carbonyl (C=O) groups is 1. The number of methoxy groups -OCH3 is 2. The van der Waals surface area contributed by atoms with Crippen molar-refractivity contribution in [3.8, 4) is 11.5 Å². The predicted molar refractivity (Wildman–Crippen MR) is 126 cm³/mol. The minimum Gasteiger partial charge on any atom is -0.497 e. The van der Waals surface area contributed by atoms with E-state index in [9.17, 15) is 9.59 Å². The number of hydrogen-bond donors (Lipinski definition) is 0. The lowest BCUT2D eigenvalue weighted by atomic mass is 9.95. The second-order valence-corrected chi connectivity index (χ2v) is 8.36. The topological polar surface area (TPSA) is 79.1 Å². The number of thiazole rings is 1. The smallest absolute Gasteiger partial charge is 0.338 e. The van der Waals surface area contributed by atoms with E-state index >= 15 is 0 Å². The number of fused-ring (bicyclic) bond motifs is 1. The first-order valence-corrected chi connectivity index (χ1v) is 11.3. The fourth-order valence-electron chi connectivity index (χ4n) is 3.77. The molecule has 0 bridgehead atoms. The zero-order valence-corrected chi connectivity index (χ0v) is 19.6. The van der Waals surface area contributed by atoms with Crippen molar-refractivity contribution in [2.75, 3.05) is 20.8 Å². The van der Waals surface area contributed by atoms with Crippen LogP contribution in [0.15, 0.2) is 69.6 Å². The average Bonchev–Trinajstić information content (AvgIpc) is 3.13. The van der Waals surface area contributed by atoms with Gasteiger partial charge in [0.1, 0.15) is 11.5 Å². The SMILES string of the molecule is CCOC(=O)C1=C(C)N=c2s/c(=C\c3ccc(OC)cc3)c(=O)n2C1c1cccc(OC)c1. The minimum atomic E-state index is -0.673. The summed E-state index contributed by atoms with van der Waals surface area (Å²) in [5, 5.41) is 0. The van der Waals surface area contributed by atoms with Crippen LogP contribution in [0.2, 0.25) is 0 Å². The normalized spacial score (nSPS) is 15.6. The molecule has 0 N–H and O–H groups in total. The third-order valence-electron chi connectivity index (χ3n) is 5.34. The number of esters is 1. The van der Waals surface area contributed by atoms with Gasteiger partial charge in [-0.15, -0.1) is 0 Å². The van der Waals surface area contributed by atoms with Gasteiger partial charge in [-0.25, -0.2) is 9.79 Å².